The molecule has 2 heterocycles. The Kier molecular flexibility index (Phi) is 6.15. The van der Waals surface area contributed by atoms with Gasteiger partial charge in [0.05, 0.1) is 23.9 Å². The van der Waals surface area contributed by atoms with Crippen molar-refractivity contribution in [2.24, 2.45) is 0 Å². The van der Waals surface area contributed by atoms with E-state index in [9.17, 15) is 9.59 Å². The molecule has 1 saturated heterocycles. The number of ether oxygens (including phenoxy) is 1. The zero-order valence-electron chi connectivity index (χ0n) is 15.4. The molecule has 0 atom stereocenters. The van der Waals surface area contributed by atoms with Crippen molar-refractivity contribution in [1.82, 2.24) is 14.7 Å². The van der Waals surface area contributed by atoms with Crippen molar-refractivity contribution >= 4 is 46.3 Å². The van der Waals surface area contributed by atoms with Gasteiger partial charge in [-0.2, -0.15) is 5.10 Å². The molecule has 9 heteroatoms. The molecule has 7 nitrogen and oxygen atoms in total. The molecule has 0 unspecified atom stereocenters. The molecular weight excluding hydrogens is 398 g/mol. The van der Waals surface area contributed by atoms with Gasteiger partial charge in [0, 0.05) is 24.2 Å². The molecule has 1 aromatic heterocycles. The van der Waals surface area contributed by atoms with Gasteiger partial charge in [-0.05, 0) is 43.7 Å². The number of amides is 1. The van der Waals surface area contributed by atoms with Crippen LogP contribution in [0.15, 0.2) is 35.4 Å². The van der Waals surface area contributed by atoms with Crippen molar-refractivity contribution in [2.45, 2.75) is 19.8 Å². The Balaban J connectivity index is 1.78. The number of thiocarbonyl (C=S) groups is 1. The Morgan fingerprint density at radius 1 is 1.36 bits per heavy atom. The lowest BCUT2D eigenvalue weighted by molar-refractivity contribution is -0.137. The Morgan fingerprint density at radius 3 is 2.71 bits per heavy atom. The predicted octanol–water partition coefficient (Wildman–Crippen LogP) is 3.26. The number of carboxylic acids is 1. The Hall–Kier alpha value is -2.65. The third-order valence-electron chi connectivity index (χ3n) is 4.30. The monoisotopic (exact) mass is 417 g/mol. The lowest BCUT2D eigenvalue weighted by atomic mass is 10.2. The van der Waals surface area contributed by atoms with Crippen molar-refractivity contribution in [1.29, 1.82) is 0 Å². The molecule has 2 aromatic rings. The van der Waals surface area contributed by atoms with Gasteiger partial charge in [0.1, 0.15) is 10.1 Å². The summed E-state index contributed by atoms with van der Waals surface area (Å²) in [6.07, 6.45) is 3.85. The number of benzene rings is 1. The summed E-state index contributed by atoms with van der Waals surface area (Å²) >= 11 is 6.50. The van der Waals surface area contributed by atoms with E-state index in [0.29, 0.717) is 22.2 Å². The maximum absolute atomic E-state index is 12.6. The minimum Gasteiger partial charge on any atom is -0.497 e. The van der Waals surface area contributed by atoms with E-state index < -0.39 is 5.97 Å². The van der Waals surface area contributed by atoms with E-state index in [1.165, 1.54) is 16.7 Å². The maximum Gasteiger partial charge on any atom is 0.303 e. The first-order chi connectivity index (χ1) is 13.4. The van der Waals surface area contributed by atoms with Gasteiger partial charge in [-0.15, -0.1) is 0 Å². The number of thioether (sulfide) groups is 1. The number of carbonyl (C=O) groups is 2. The second kappa shape index (κ2) is 8.57. The summed E-state index contributed by atoms with van der Waals surface area (Å²) in [5.41, 5.74) is 2.60. The van der Waals surface area contributed by atoms with E-state index in [1.807, 2.05) is 31.2 Å². The molecule has 1 N–H and O–H groups in total. The number of rotatable bonds is 7. The quantitative estimate of drug-likeness (QED) is 0.547. The fourth-order valence-electron chi connectivity index (χ4n) is 2.77. The van der Waals surface area contributed by atoms with Gasteiger partial charge in [0.2, 0.25) is 0 Å². The van der Waals surface area contributed by atoms with E-state index in [4.69, 9.17) is 22.1 Å². The number of aliphatic carboxylic acids is 1. The molecule has 0 radical (unpaired) electrons. The molecule has 1 fully saturated rings. The van der Waals surface area contributed by atoms with Crippen LogP contribution in [0.25, 0.3) is 11.8 Å². The van der Waals surface area contributed by atoms with Gasteiger partial charge in [-0.1, -0.05) is 24.0 Å². The second-order valence-electron chi connectivity index (χ2n) is 6.13. The summed E-state index contributed by atoms with van der Waals surface area (Å²) in [6.45, 7) is 2.23. The summed E-state index contributed by atoms with van der Waals surface area (Å²) in [5.74, 6) is -0.320. The number of hydrogen-bond acceptors (Lipinski definition) is 6. The van der Waals surface area contributed by atoms with Gasteiger partial charge in [-0.3, -0.25) is 14.5 Å². The number of aromatic nitrogens is 2. The zero-order valence-corrected chi connectivity index (χ0v) is 17.0. The smallest absolute Gasteiger partial charge is 0.303 e. The molecule has 3 rings (SSSR count). The third-order valence-corrected chi connectivity index (χ3v) is 5.68. The Bertz CT molecular complexity index is 951. The molecule has 0 aliphatic carbocycles. The summed E-state index contributed by atoms with van der Waals surface area (Å²) in [6, 6.07) is 7.53. The fourth-order valence-corrected chi connectivity index (χ4v) is 4.07. The second-order valence-corrected chi connectivity index (χ2v) is 7.80. The average Bonchev–Trinajstić information content (AvgIpc) is 3.16. The van der Waals surface area contributed by atoms with Gasteiger partial charge in [0.25, 0.3) is 5.91 Å². The van der Waals surface area contributed by atoms with Crippen LogP contribution in [0.2, 0.25) is 0 Å². The fraction of sp³-hybridized carbons (Fsp3) is 0.263. The van der Waals surface area contributed by atoms with Crippen LogP contribution in [-0.4, -0.2) is 49.6 Å². The van der Waals surface area contributed by atoms with Crippen LogP contribution in [0.3, 0.4) is 0 Å². The normalized spacial score (nSPS) is 15.5. The molecule has 28 heavy (non-hydrogen) atoms. The van der Waals surface area contributed by atoms with Crippen LogP contribution in [0, 0.1) is 6.92 Å². The van der Waals surface area contributed by atoms with E-state index in [0.717, 1.165) is 22.7 Å². The lowest BCUT2D eigenvalue weighted by Gasteiger charge is -2.13. The highest BCUT2D eigenvalue weighted by molar-refractivity contribution is 8.26. The highest BCUT2D eigenvalue weighted by Crippen LogP contribution is 2.33. The van der Waals surface area contributed by atoms with Crippen molar-refractivity contribution in [3.63, 3.8) is 0 Å². The van der Waals surface area contributed by atoms with Crippen LogP contribution in [0.4, 0.5) is 0 Å². The number of carboxylic acid groups (broad SMARTS) is 1. The number of carbonyl (C=O) groups excluding carboxylic acids is 1. The van der Waals surface area contributed by atoms with Crippen molar-refractivity contribution in [2.75, 3.05) is 13.7 Å². The maximum atomic E-state index is 12.6. The van der Waals surface area contributed by atoms with Gasteiger partial charge in [0.15, 0.2) is 0 Å². The largest absolute Gasteiger partial charge is 0.497 e. The minimum atomic E-state index is -0.887. The molecule has 146 valence electrons. The molecule has 1 aliphatic rings. The SMILES string of the molecule is COc1ccc(-n2ncc(C=C3SC(=S)N(CCCC(=O)O)C3=O)c2C)cc1. The highest BCUT2D eigenvalue weighted by Gasteiger charge is 2.31. The van der Waals surface area contributed by atoms with Gasteiger partial charge in [-0.25, -0.2) is 4.68 Å². The van der Waals surface area contributed by atoms with E-state index in [2.05, 4.69) is 5.10 Å². The Morgan fingerprint density at radius 2 is 2.07 bits per heavy atom. The van der Waals surface area contributed by atoms with E-state index in [-0.39, 0.29) is 12.3 Å². The number of methoxy groups -OCH3 is 1. The number of hydrogen-bond donors (Lipinski definition) is 1. The van der Waals surface area contributed by atoms with Gasteiger partial charge < -0.3 is 9.84 Å². The van der Waals surface area contributed by atoms with Crippen LogP contribution >= 0.6 is 24.0 Å². The van der Waals surface area contributed by atoms with E-state index >= 15 is 0 Å². The molecule has 0 bridgehead atoms. The van der Waals surface area contributed by atoms with Gasteiger partial charge >= 0.3 is 5.97 Å². The first-order valence-electron chi connectivity index (χ1n) is 8.57. The predicted molar refractivity (Wildman–Crippen MR) is 112 cm³/mol. The summed E-state index contributed by atoms with van der Waals surface area (Å²) in [7, 11) is 1.62. The average molecular weight is 418 g/mol. The van der Waals surface area contributed by atoms with Crippen molar-refractivity contribution < 1.29 is 19.4 Å². The standard InChI is InChI=1S/C19H19N3O4S2/c1-12-13(11-20-22(12)14-5-7-15(26-2)8-6-14)10-16-18(25)21(19(27)28-16)9-3-4-17(23)24/h5-8,10-11H,3-4,9H2,1-2H3,(H,23,24). The highest BCUT2D eigenvalue weighted by atomic mass is 32.2. The summed E-state index contributed by atoms with van der Waals surface area (Å²) < 4.78 is 7.41. The molecule has 0 saturated carbocycles. The molecule has 1 amide bonds. The van der Waals surface area contributed by atoms with Crippen LogP contribution in [0.5, 0.6) is 5.75 Å². The third kappa shape index (κ3) is 4.26. The number of nitrogens with zero attached hydrogens (tertiary/aromatic N) is 3. The molecule has 1 aromatic carbocycles. The summed E-state index contributed by atoms with van der Waals surface area (Å²) in [5, 5.41) is 13.2. The van der Waals surface area contributed by atoms with Crippen molar-refractivity contribution in [3.05, 3.63) is 46.6 Å². The Labute approximate surface area is 172 Å². The van der Waals surface area contributed by atoms with Crippen molar-refractivity contribution in [3.8, 4) is 11.4 Å². The van der Waals surface area contributed by atoms with Crippen LogP contribution < -0.4 is 4.74 Å². The first kappa shape index (κ1) is 20.1. The lowest BCUT2D eigenvalue weighted by Crippen LogP contribution is -2.29. The molecule has 0 spiro atoms. The molecule has 1 aliphatic heterocycles. The minimum absolute atomic E-state index is 0.00382. The van der Waals surface area contributed by atoms with Crippen LogP contribution in [0.1, 0.15) is 24.1 Å². The zero-order chi connectivity index (χ0) is 20.3. The molecular formula is C19H19N3O4S2. The van der Waals surface area contributed by atoms with Crippen LogP contribution in [-0.2, 0) is 9.59 Å². The topological polar surface area (TPSA) is 84.7 Å². The van der Waals surface area contributed by atoms with E-state index in [1.54, 1.807) is 24.1 Å². The summed E-state index contributed by atoms with van der Waals surface area (Å²) in [4.78, 5) is 25.2. The first-order valence-corrected chi connectivity index (χ1v) is 9.79.